The molecule has 0 aliphatic heterocycles. The predicted octanol–water partition coefficient (Wildman–Crippen LogP) is -7.82. The number of rotatable bonds is 0. The molecule has 8 heavy (non-hydrogen) atoms. The number of hydrogen-bond donors (Lipinski definition) is 0. The SMILES string of the molecule is O=[As]([O-])([O-])[O-].[Ba+2].[Ba+2].[F-]. The largest absolute Gasteiger partial charge is 2.00 e. The first-order valence-corrected chi connectivity index (χ1v) is 3.79. The fraction of sp³-hybridized carbons (Fsp3) is 0. The summed E-state index contributed by atoms with van der Waals surface area (Å²) in [7, 11) is 0. The third-order valence-electron chi connectivity index (χ3n) is 0. The van der Waals surface area contributed by atoms with Gasteiger partial charge in [0.25, 0.3) is 0 Å². The maximum Gasteiger partial charge on any atom is 2.00 e. The average molecular weight is 433 g/mol. The summed E-state index contributed by atoms with van der Waals surface area (Å²) >= 11 is -5.88. The number of halogens is 1. The van der Waals surface area contributed by atoms with Gasteiger partial charge in [0.15, 0.2) is 0 Å². The molecule has 0 atom stereocenters. The Bertz CT molecular complexity index is 60.2. The zero-order valence-electron chi connectivity index (χ0n) is 3.87. The standard InChI is InChI=1S/AsH3O4.2Ba.FH/c2-1(3,4)5;;;/h(H3,2,3,4,5);;;1H/q;2*+2;/p-4. The molecule has 8 heteroatoms. The van der Waals surface area contributed by atoms with Crippen LogP contribution < -0.4 is 17.0 Å². The quantitative estimate of drug-likeness (QED) is 0.356. The fourth-order valence-electron chi connectivity index (χ4n) is 0. The van der Waals surface area contributed by atoms with E-state index in [4.69, 9.17) is 16.0 Å². The van der Waals surface area contributed by atoms with Crippen LogP contribution in [0.4, 0.5) is 0 Å². The molecule has 0 saturated heterocycles. The second-order valence-corrected chi connectivity index (χ2v) is 2.32. The topological polar surface area (TPSA) is 86.2 Å². The van der Waals surface area contributed by atoms with Crippen molar-refractivity contribution in [3.63, 3.8) is 0 Å². The summed E-state index contributed by atoms with van der Waals surface area (Å²) in [5.41, 5.74) is 0. The summed E-state index contributed by atoms with van der Waals surface area (Å²) in [5.74, 6) is 0. The molecule has 0 aliphatic rings. The predicted molar refractivity (Wildman–Crippen MR) is 17.9 cm³/mol. The summed E-state index contributed by atoms with van der Waals surface area (Å²) in [6.07, 6.45) is 0. The summed E-state index contributed by atoms with van der Waals surface area (Å²) < 4.78 is 34.4. The molecule has 0 unspecified atom stereocenters. The summed E-state index contributed by atoms with van der Waals surface area (Å²) in [5, 5.41) is 0. The fourth-order valence-corrected chi connectivity index (χ4v) is 0. The first kappa shape index (κ1) is 22.5. The summed E-state index contributed by atoms with van der Waals surface area (Å²) in [6, 6.07) is 0. The van der Waals surface area contributed by atoms with Crippen LogP contribution in [0.15, 0.2) is 0 Å². The Kier molecular flexibility index (Phi) is 29.0. The van der Waals surface area contributed by atoms with E-state index in [9.17, 15) is 0 Å². The van der Waals surface area contributed by atoms with E-state index in [0.29, 0.717) is 0 Å². The van der Waals surface area contributed by atoms with Crippen molar-refractivity contribution in [1.29, 1.82) is 0 Å². The second kappa shape index (κ2) is 10.3. The van der Waals surface area contributed by atoms with Crippen LogP contribution in [0.2, 0.25) is 0 Å². The van der Waals surface area contributed by atoms with Crippen LogP contribution >= 0.6 is 0 Å². The minimum atomic E-state index is -5.88. The van der Waals surface area contributed by atoms with Gasteiger partial charge < -0.3 is 4.70 Å². The van der Waals surface area contributed by atoms with Gasteiger partial charge in [-0.15, -0.1) is 0 Å². The van der Waals surface area contributed by atoms with Crippen molar-refractivity contribution < 1.29 is 20.7 Å². The maximum absolute atomic E-state index is 8.61. The summed E-state index contributed by atoms with van der Waals surface area (Å²) in [4.78, 5) is 0. The van der Waals surface area contributed by atoms with Gasteiger partial charge in [0.05, 0.1) is 0 Å². The van der Waals surface area contributed by atoms with Gasteiger partial charge in [0.1, 0.15) is 0 Å². The number of hydrogen-bond acceptors (Lipinski definition) is 4. The van der Waals surface area contributed by atoms with Gasteiger partial charge in [-0.25, -0.2) is 0 Å². The van der Waals surface area contributed by atoms with Crippen molar-refractivity contribution >= 4 is 112 Å². The first-order chi connectivity index (χ1) is 2.00. The molecule has 0 aromatic carbocycles. The molecule has 0 radical (unpaired) electrons. The van der Waals surface area contributed by atoms with Crippen molar-refractivity contribution in [2.75, 3.05) is 0 Å². The van der Waals surface area contributed by atoms with Gasteiger partial charge in [0, 0.05) is 0 Å². The van der Waals surface area contributed by atoms with Crippen molar-refractivity contribution in [2.45, 2.75) is 0 Å². The molecule has 0 aromatic heterocycles. The van der Waals surface area contributed by atoms with Crippen LogP contribution in [-0.4, -0.2) is 112 Å². The van der Waals surface area contributed by atoms with Crippen LogP contribution in [0.3, 0.4) is 0 Å². The van der Waals surface area contributed by atoms with E-state index < -0.39 is 14.5 Å². The van der Waals surface area contributed by atoms with E-state index in [1.807, 2.05) is 0 Å². The normalized spacial score (nSPS) is 7.38. The van der Waals surface area contributed by atoms with Crippen molar-refractivity contribution in [2.24, 2.45) is 0 Å². The van der Waals surface area contributed by atoms with Crippen molar-refractivity contribution in [3.05, 3.63) is 0 Å². The van der Waals surface area contributed by atoms with Crippen LogP contribution in [0.5, 0.6) is 0 Å². The minimum Gasteiger partial charge on any atom is -1.00 e. The molecular weight excluding hydrogens is 433 g/mol. The Morgan fingerprint density at radius 3 is 1.00 bits per heavy atom. The smallest absolute Gasteiger partial charge is 1.00 e. The van der Waals surface area contributed by atoms with E-state index in [1.54, 1.807) is 0 Å². The Labute approximate surface area is 129 Å². The van der Waals surface area contributed by atoms with Gasteiger partial charge in [-0.2, -0.15) is 0 Å². The molecule has 4 nitrogen and oxygen atoms in total. The molecule has 0 bridgehead atoms. The molecule has 0 aromatic rings. The van der Waals surface area contributed by atoms with Crippen LogP contribution in [0.1, 0.15) is 0 Å². The van der Waals surface area contributed by atoms with E-state index in [-0.39, 0.29) is 102 Å². The average Bonchev–Trinajstić information content (AvgIpc) is 0.722. The van der Waals surface area contributed by atoms with Gasteiger partial charge >= 0.3 is 128 Å². The van der Waals surface area contributed by atoms with Gasteiger partial charge in [-0.05, 0) is 0 Å². The molecule has 0 spiro atoms. The zero-order valence-corrected chi connectivity index (χ0v) is 14.6. The van der Waals surface area contributed by atoms with Crippen LogP contribution in [-0.2, 0) is 3.74 Å². The van der Waals surface area contributed by atoms with E-state index in [0.717, 1.165) is 0 Å². The molecule has 0 aliphatic carbocycles. The first-order valence-electron chi connectivity index (χ1n) is 0.730. The van der Waals surface area contributed by atoms with Gasteiger partial charge in [0.2, 0.25) is 0 Å². The van der Waals surface area contributed by atoms with E-state index >= 15 is 0 Å². The molecule has 0 amide bonds. The van der Waals surface area contributed by atoms with Gasteiger partial charge in [-0.3, -0.25) is 0 Å². The Hall–Kier alpha value is 3.31. The molecule has 0 heterocycles. The molecule has 0 rings (SSSR count). The van der Waals surface area contributed by atoms with Crippen molar-refractivity contribution in [1.82, 2.24) is 0 Å². The third-order valence-corrected chi connectivity index (χ3v) is 0. The summed E-state index contributed by atoms with van der Waals surface area (Å²) in [6.45, 7) is 0. The Morgan fingerprint density at radius 2 is 1.00 bits per heavy atom. The van der Waals surface area contributed by atoms with Crippen LogP contribution in [0.25, 0.3) is 0 Å². The molecular formula is AsBa2FO4. The minimum absolute atomic E-state index is 0. The van der Waals surface area contributed by atoms with E-state index in [2.05, 4.69) is 0 Å². The molecule has 0 saturated carbocycles. The van der Waals surface area contributed by atoms with Crippen LogP contribution in [0, 0.1) is 0 Å². The zero-order chi connectivity index (χ0) is 4.50. The molecule has 0 fully saturated rings. The third kappa shape index (κ3) is 58.7. The second-order valence-electron chi connectivity index (χ2n) is 0.447. The monoisotopic (exact) mass is 434 g/mol. The molecule has 0 N–H and O–H groups in total. The Balaban J connectivity index is -0.0000000267. The Morgan fingerprint density at radius 1 is 1.00 bits per heavy atom. The van der Waals surface area contributed by atoms with Gasteiger partial charge in [-0.1, -0.05) is 0 Å². The maximum atomic E-state index is 8.61. The van der Waals surface area contributed by atoms with Crippen molar-refractivity contribution in [3.8, 4) is 0 Å². The molecule has 40 valence electrons. The van der Waals surface area contributed by atoms with E-state index in [1.165, 1.54) is 0 Å².